The van der Waals surface area contributed by atoms with E-state index in [1.807, 2.05) is 6.08 Å². The van der Waals surface area contributed by atoms with Crippen molar-refractivity contribution < 1.29 is 45.5 Å². The average molecular weight is 854 g/mol. The molecule has 0 spiro atoms. The molecule has 1 aromatic rings. The quantitative estimate of drug-likeness (QED) is 0.162. The molecule has 5 unspecified atom stereocenters. The van der Waals surface area contributed by atoms with Crippen molar-refractivity contribution in [1.82, 2.24) is 4.67 Å². The Labute approximate surface area is 261 Å². The summed E-state index contributed by atoms with van der Waals surface area (Å²) in [6, 6.07) is 4.37. The molecule has 0 bridgehead atoms. The minimum atomic E-state index is -0.0434. The molecule has 4 nitrogen and oxygen atoms in total. The summed E-state index contributed by atoms with van der Waals surface area (Å²) in [7, 11) is 2.68. The number of rotatable bonds is 5. The van der Waals surface area contributed by atoms with Crippen molar-refractivity contribution >= 4 is 54.9 Å². The smallest absolute Gasteiger partial charge is 0.358 e. The van der Waals surface area contributed by atoms with E-state index in [9.17, 15) is 14.4 Å². The van der Waals surface area contributed by atoms with Crippen LogP contribution < -0.4 is 0 Å². The molecule has 194 valence electrons. The third-order valence-electron chi connectivity index (χ3n) is 8.84. The zero-order chi connectivity index (χ0) is 24.4. The normalized spacial score (nSPS) is 32.0. The van der Waals surface area contributed by atoms with Crippen molar-refractivity contribution in [2.45, 2.75) is 61.3 Å². The number of carbonyl (C=O) groups is 3. The Morgan fingerprint density at radius 3 is 2.51 bits per heavy atom. The van der Waals surface area contributed by atoms with Crippen LogP contribution in [0.1, 0.15) is 65.6 Å². The summed E-state index contributed by atoms with van der Waals surface area (Å²) in [5.41, 5.74) is 6.95. The molecular weight excluding hydrogens is 818 g/mol. The summed E-state index contributed by atoms with van der Waals surface area (Å²) >= 11 is 2.28. The number of hydrogen-bond acceptors (Lipinski definition) is 4. The predicted octanol–water partition coefficient (Wildman–Crippen LogP) is 5.82. The maximum Gasteiger partial charge on any atom is 2.00 e. The van der Waals surface area contributed by atoms with Gasteiger partial charge in [0.05, 0.1) is 9.97 Å². The van der Waals surface area contributed by atoms with Gasteiger partial charge in [-0.3, -0.25) is 19.1 Å². The average Bonchev–Trinajstić information content (AvgIpc) is 3.53. The number of ketones is 3. The molecule has 7 heteroatoms. The fourth-order valence-corrected chi connectivity index (χ4v) is 7.94. The molecule has 1 aromatic carbocycles. The van der Waals surface area contributed by atoms with Crippen LogP contribution in [0.3, 0.4) is 0 Å². The fourth-order valence-electron chi connectivity index (χ4n) is 6.73. The fraction of sp³-hybridized carbons (Fsp3) is 0.500. The molecule has 1 aliphatic heterocycles. The Balaban J connectivity index is 0.00000160. The van der Waals surface area contributed by atoms with Gasteiger partial charge in [0.1, 0.15) is 0 Å². The van der Waals surface area contributed by atoms with E-state index in [1.54, 1.807) is 0 Å². The van der Waals surface area contributed by atoms with E-state index in [0.717, 1.165) is 62.6 Å². The van der Waals surface area contributed by atoms with Gasteiger partial charge in [-0.25, -0.2) is 0 Å². The maximum absolute atomic E-state index is 13.2. The molecule has 0 N–H and O–H groups in total. The molecule has 37 heavy (non-hydrogen) atoms. The topological polar surface area (TPSA) is 54.5 Å². The van der Waals surface area contributed by atoms with Crippen LogP contribution in [0, 0.1) is 69.1 Å². The van der Waals surface area contributed by atoms with E-state index < -0.39 is 0 Å². The molecule has 4 aliphatic carbocycles. The number of hydrogen-bond donors (Lipinski definition) is 0. The first-order chi connectivity index (χ1) is 16.8. The van der Waals surface area contributed by atoms with Gasteiger partial charge in [-0.15, -0.1) is 0 Å². The van der Waals surface area contributed by atoms with Gasteiger partial charge >= 0.3 is 31.1 Å². The summed E-state index contributed by atoms with van der Waals surface area (Å²) in [4.78, 5) is 38.8. The van der Waals surface area contributed by atoms with E-state index >= 15 is 0 Å². The van der Waals surface area contributed by atoms with E-state index in [4.69, 9.17) is 0 Å². The Morgan fingerprint density at radius 1 is 1.08 bits per heavy atom. The first-order valence-corrected chi connectivity index (χ1v) is 14.7. The van der Waals surface area contributed by atoms with Crippen molar-refractivity contribution in [3.05, 3.63) is 66.5 Å². The second-order valence-electron chi connectivity index (χ2n) is 11.2. The number of allylic oxidation sites excluding steroid dienone is 4. The first kappa shape index (κ1) is 29.9. The van der Waals surface area contributed by atoms with Crippen LogP contribution in [0.4, 0.5) is 0 Å². The molecule has 1 saturated heterocycles. The maximum atomic E-state index is 13.2. The van der Waals surface area contributed by atoms with Gasteiger partial charge in [0.2, 0.25) is 0 Å². The molecule has 0 radical (unpaired) electrons. The van der Waals surface area contributed by atoms with E-state index in [0.29, 0.717) is 24.0 Å². The van der Waals surface area contributed by atoms with Crippen LogP contribution in [-0.2, 0) is 22.4 Å². The number of alkyl halides is 1. The van der Waals surface area contributed by atoms with Gasteiger partial charge < -0.3 is 14.4 Å². The molecule has 6 rings (SSSR count). The number of Topliss-reactive ketones (excluding diaryl/α,β-unsaturated/α-hetero) is 3. The van der Waals surface area contributed by atoms with Gasteiger partial charge in [-0.05, 0) is 90.8 Å². The van der Waals surface area contributed by atoms with Gasteiger partial charge in [0, 0.05) is 17.9 Å². The third kappa shape index (κ3) is 5.72. The monoisotopic (exact) mass is 853 g/mol. The zero-order valence-corrected chi connectivity index (χ0v) is 28.9. The Morgan fingerprint density at radius 2 is 1.78 bits per heavy atom. The Hall–Kier alpha value is -0.118. The standard InChI is InChI=1S/C29H32INO3P.CH3.U/c1-15-8-26(31(35)14-15)29(34)24-12-20(24)13-27(32)19-4-6-21-16(9-19)2-3-17-11-23-18(10-22(17)21)5-7-25(30)28(23)33;;/h4,6,10-11,15-16,20,24-26H,1-3,5,7-9,12-14,35H2;1H3;/q2*-1;+2/t15-,16?,20?,24?,25?,26-;;/m0../s1. The number of nitrogens with zero attached hydrogens (tertiary/aromatic N) is 1. The van der Waals surface area contributed by atoms with Gasteiger partial charge in [0.15, 0.2) is 17.3 Å². The van der Waals surface area contributed by atoms with Crippen LogP contribution in [0.15, 0.2) is 29.9 Å². The van der Waals surface area contributed by atoms with Gasteiger partial charge in [-0.1, -0.05) is 56.6 Å². The zero-order valence-electron chi connectivity index (χ0n) is 21.5. The summed E-state index contributed by atoms with van der Waals surface area (Å²) in [6.45, 7) is 4.96. The van der Waals surface area contributed by atoms with Crippen LogP contribution in [0.25, 0.3) is 5.57 Å². The summed E-state index contributed by atoms with van der Waals surface area (Å²) in [5, 5.41) is 0. The number of benzene rings is 1. The molecule has 1 heterocycles. The molecular formula is C30H35INO3PU. The van der Waals surface area contributed by atoms with Crippen LogP contribution in [0.5, 0.6) is 0 Å². The van der Waals surface area contributed by atoms with Gasteiger partial charge in [0.25, 0.3) is 0 Å². The van der Waals surface area contributed by atoms with Crippen molar-refractivity contribution in [3.8, 4) is 0 Å². The predicted molar refractivity (Wildman–Crippen MR) is 156 cm³/mol. The number of fused-ring (bicyclic) bond motifs is 4. The van der Waals surface area contributed by atoms with Crippen molar-refractivity contribution in [2.24, 2.45) is 23.7 Å². The van der Waals surface area contributed by atoms with Crippen molar-refractivity contribution in [3.63, 3.8) is 0 Å². The number of halogens is 1. The summed E-state index contributed by atoms with van der Waals surface area (Å²) < 4.78 is 2.15. The second kappa shape index (κ2) is 11.8. The SMILES string of the molecule is [CH2-][C@H]1C[C@@H](C(=O)C2CC2CC(=O)C2=CC=C3c4cc5c(cc4CCC3C2)C(=O)C(I)CC5)N(P)C1.[CH3-].[U+2]. The molecule has 2 fully saturated rings. The van der Waals surface area contributed by atoms with Crippen molar-refractivity contribution in [2.75, 3.05) is 6.54 Å². The van der Waals surface area contributed by atoms with E-state index in [1.165, 1.54) is 22.3 Å². The molecule has 0 amide bonds. The number of aryl methyl sites for hydroxylation is 2. The first-order valence-electron chi connectivity index (χ1n) is 13.0. The minimum absolute atomic E-state index is 0. The second-order valence-corrected chi connectivity index (χ2v) is 13.4. The van der Waals surface area contributed by atoms with Crippen molar-refractivity contribution in [1.29, 1.82) is 0 Å². The largest absolute Gasteiger partial charge is 2.00 e. The third-order valence-corrected chi connectivity index (χ3v) is 10.6. The molecule has 5 aliphatic rings. The van der Waals surface area contributed by atoms with Crippen LogP contribution >= 0.6 is 32.0 Å². The van der Waals surface area contributed by atoms with E-state index in [-0.39, 0.29) is 71.9 Å². The Kier molecular flexibility index (Phi) is 9.50. The van der Waals surface area contributed by atoms with E-state index in [2.05, 4.69) is 61.8 Å². The summed E-state index contributed by atoms with van der Waals surface area (Å²) in [6.07, 6.45) is 11.0. The Bertz CT molecular complexity index is 1190. The number of carbonyl (C=O) groups excluding carboxylic acids is 3. The van der Waals surface area contributed by atoms with Gasteiger partial charge in [-0.2, -0.15) is 5.92 Å². The molecule has 1 saturated carbocycles. The molecule has 7 atom stereocenters. The summed E-state index contributed by atoms with van der Waals surface area (Å²) in [5.74, 6) is 1.75. The van der Waals surface area contributed by atoms with Crippen LogP contribution in [0.2, 0.25) is 0 Å². The minimum Gasteiger partial charge on any atom is -0.358 e. The van der Waals surface area contributed by atoms with Crippen LogP contribution in [-0.4, -0.2) is 38.5 Å². The molecule has 0 aromatic heterocycles.